The first-order chi connectivity index (χ1) is 8.95. The zero-order valence-electron chi connectivity index (χ0n) is 10.0. The summed E-state index contributed by atoms with van der Waals surface area (Å²) in [4.78, 5) is 0.0251. The van der Waals surface area contributed by atoms with Gasteiger partial charge in [0.25, 0.3) is 0 Å². The summed E-state index contributed by atoms with van der Waals surface area (Å²) in [7, 11) is -3.64. The van der Waals surface area contributed by atoms with E-state index in [1.54, 1.807) is 6.07 Å². The molecule has 102 valence electrons. The van der Waals surface area contributed by atoms with Crippen molar-refractivity contribution in [3.05, 3.63) is 28.2 Å². The van der Waals surface area contributed by atoms with Crippen LogP contribution in [0.25, 0.3) is 0 Å². The molecule has 1 saturated heterocycles. The third-order valence-corrected chi connectivity index (χ3v) is 5.76. The first-order valence-electron chi connectivity index (χ1n) is 5.80. The van der Waals surface area contributed by atoms with E-state index in [0.717, 1.165) is 0 Å². The molecule has 0 aliphatic carbocycles. The molecule has 0 radical (unpaired) electrons. The van der Waals surface area contributed by atoms with E-state index in [4.69, 9.17) is 28.5 Å². The average Bonchev–Trinajstić information content (AvgIpc) is 2.41. The number of hydrogen-bond acceptors (Lipinski definition) is 3. The highest BCUT2D eigenvalue weighted by atomic mass is 35.5. The van der Waals surface area contributed by atoms with Gasteiger partial charge >= 0.3 is 0 Å². The highest BCUT2D eigenvalue weighted by molar-refractivity contribution is 7.89. The van der Waals surface area contributed by atoms with Crippen LogP contribution in [-0.4, -0.2) is 25.8 Å². The zero-order chi connectivity index (χ0) is 14.0. The van der Waals surface area contributed by atoms with Gasteiger partial charge in [0.05, 0.1) is 11.1 Å². The van der Waals surface area contributed by atoms with Gasteiger partial charge in [0, 0.05) is 24.0 Å². The number of hydrogen-bond donors (Lipinski definition) is 0. The molecule has 1 fully saturated rings. The molecular weight excluding hydrogens is 307 g/mol. The third-order valence-electron chi connectivity index (χ3n) is 3.15. The molecule has 0 atom stereocenters. The van der Waals surface area contributed by atoms with Crippen molar-refractivity contribution < 1.29 is 8.42 Å². The Kier molecular flexibility index (Phi) is 4.36. The Balaban J connectivity index is 2.29. The SMILES string of the molecule is N#CC1CCN(S(=O)(=O)c2cc(Cl)ccc2Cl)CC1. The smallest absolute Gasteiger partial charge is 0.207 e. The topological polar surface area (TPSA) is 61.2 Å². The molecule has 1 aliphatic heterocycles. The van der Waals surface area contributed by atoms with Crippen molar-refractivity contribution >= 4 is 33.2 Å². The largest absolute Gasteiger partial charge is 0.244 e. The molecule has 0 aromatic heterocycles. The highest BCUT2D eigenvalue weighted by Crippen LogP contribution is 2.30. The summed E-state index contributed by atoms with van der Waals surface area (Å²) in [6.07, 6.45) is 1.10. The van der Waals surface area contributed by atoms with Gasteiger partial charge in [0.15, 0.2) is 0 Å². The zero-order valence-corrected chi connectivity index (χ0v) is 12.3. The van der Waals surface area contributed by atoms with Gasteiger partial charge in [-0.05, 0) is 31.0 Å². The molecule has 0 unspecified atom stereocenters. The molecule has 0 saturated carbocycles. The molecule has 1 aliphatic rings. The standard InChI is InChI=1S/C12H12Cl2N2O2S/c13-10-1-2-11(14)12(7-10)19(17,18)16-5-3-9(8-15)4-6-16/h1-2,7,9H,3-6H2. The summed E-state index contributed by atoms with van der Waals surface area (Å²) in [6.45, 7) is 0.673. The Morgan fingerprint density at radius 3 is 2.47 bits per heavy atom. The van der Waals surface area contributed by atoms with E-state index >= 15 is 0 Å². The van der Waals surface area contributed by atoms with Crippen LogP contribution in [0.3, 0.4) is 0 Å². The number of piperidine rings is 1. The van der Waals surface area contributed by atoms with Crippen molar-refractivity contribution in [2.75, 3.05) is 13.1 Å². The van der Waals surface area contributed by atoms with Crippen LogP contribution in [0.2, 0.25) is 10.0 Å². The minimum absolute atomic E-state index is 0.0251. The minimum Gasteiger partial charge on any atom is -0.207 e. The summed E-state index contributed by atoms with van der Waals surface area (Å²) in [6, 6.07) is 6.54. The Labute approximate surface area is 122 Å². The van der Waals surface area contributed by atoms with Gasteiger partial charge in [-0.3, -0.25) is 0 Å². The lowest BCUT2D eigenvalue weighted by molar-refractivity contribution is 0.310. The molecule has 1 aromatic carbocycles. The monoisotopic (exact) mass is 318 g/mol. The summed E-state index contributed by atoms with van der Waals surface area (Å²) in [5.74, 6) is -0.0683. The van der Waals surface area contributed by atoms with Crippen molar-refractivity contribution in [1.29, 1.82) is 5.26 Å². The van der Waals surface area contributed by atoms with E-state index in [1.165, 1.54) is 16.4 Å². The summed E-state index contributed by atoms with van der Waals surface area (Å²) in [5, 5.41) is 9.31. The maximum absolute atomic E-state index is 12.5. The van der Waals surface area contributed by atoms with Crippen LogP contribution in [-0.2, 0) is 10.0 Å². The average molecular weight is 319 g/mol. The second-order valence-corrected chi connectivity index (χ2v) is 7.13. The second-order valence-electron chi connectivity index (χ2n) is 4.38. The number of halogens is 2. The van der Waals surface area contributed by atoms with Gasteiger partial charge in [-0.2, -0.15) is 9.57 Å². The number of nitrogens with zero attached hydrogens (tertiary/aromatic N) is 2. The molecule has 4 nitrogen and oxygen atoms in total. The van der Waals surface area contributed by atoms with Crippen molar-refractivity contribution in [2.24, 2.45) is 5.92 Å². The maximum atomic E-state index is 12.5. The van der Waals surface area contributed by atoms with Crippen molar-refractivity contribution in [3.8, 4) is 6.07 Å². The summed E-state index contributed by atoms with van der Waals surface area (Å²) < 4.78 is 26.3. The van der Waals surface area contributed by atoms with E-state index in [-0.39, 0.29) is 15.8 Å². The Hall–Kier alpha value is -0.800. The molecule has 1 heterocycles. The molecule has 0 spiro atoms. The van der Waals surface area contributed by atoms with Crippen LogP contribution in [0, 0.1) is 17.2 Å². The Morgan fingerprint density at radius 1 is 1.26 bits per heavy atom. The van der Waals surface area contributed by atoms with Crippen molar-refractivity contribution in [3.63, 3.8) is 0 Å². The van der Waals surface area contributed by atoms with Gasteiger partial charge in [-0.25, -0.2) is 8.42 Å². The fraction of sp³-hybridized carbons (Fsp3) is 0.417. The predicted molar refractivity (Wildman–Crippen MR) is 73.6 cm³/mol. The predicted octanol–water partition coefficient (Wildman–Crippen LogP) is 2.92. The molecule has 19 heavy (non-hydrogen) atoms. The van der Waals surface area contributed by atoms with Gasteiger partial charge in [0.2, 0.25) is 10.0 Å². The normalized spacial score (nSPS) is 18.2. The molecular formula is C12H12Cl2N2O2S. The van der Waals surface area contributed by atoms with Crippen molar-refractivity contribution in [1.82, 2.24) is 4.31 Å². The third kappa shape index (κ3) is 3.03. The fourth-order valence-electron chi connectivity index (χ4n) is 2.04. The second kappa shape index (κ2) is 5.68. The first-order valence-corrected chi connectivity index (χ1v) is 7.99. The fourth-order valence-corrected chi connectivity index (χ4v) is 4.25. The number of rotatable bonds is 2. The van der Waals surface area contributed by atoms with E-state index in [0.29, 0.717) is 31.0 Å². The van der Waals surface area contributed by atoms with Crippen LogP contribution < -0.4 is 0 Å². The van der Waals surface area contributed by atoms with E-state index in [1.807, 2.05) is 0 Å². The van der Waals surface area contributed by atoms with Gasteiger partial charge in [-0.1, -0.05) is 23.2 Å². The quantitative estimate of drug-likeness (QED) is 0.842. The molecule has 0 amide bonds. The lowest BCUT2D eigenvalue weighted by Gasteiger charge is -2.28. The maximum Gasteiger partial charge on any atom is 0.244 e. The lowest BCUT2D eigenvalue weighted by atomic mass is 10.0. The Morgan fingerprint density at radius 2 is 1.89 bits per heavy atom. The number of benzene rings is 1. The van der Waals surface area contributed by atoms with Crippen LogP contribution in [0.5, 0.6) is 0 Å². The van der Waals surface area contributed by atoms with Gasteiger partial charge in [-0.15, -0.1) is 0 Å². The van der Waals surface area contributed by atoms with Crippen LogP contribution in [0.4, 0.5) is 0 Å². The van der Waals surface area contributed by atoms with E-state index < -0.39 is 10.0 Å². The van der Waals surface area contributed by atoms with Crippen molar-refractivity contribution in [2.45, 2.75) is 17.7 Å². The van der Waals surface area contributed by atoms with Gasteiger partial charge < -0.3 is 0 Å². The lowest BCUT2D eigenvalue weighted by Crippen LogP contribution is -2.38. The molecule has 2 rings (SSSR count). The van der Waals surface area contributed by atoms with Crippen LogP contribution >= 0.6 is 23.2 Å². The molecule has 1 aromatic rings. The minimum atomic E-state index is -3.64. The van der Waals surface area contributed by atoms with Crippen LogP contribution in [0.15, 0.2) is 23.1 Å². The molecule has 0 bridgehead atoms. The Bertz CT molecular complexity index is 617. The highest BCUT2D eigenvalue weighted by Gasteiger charge is 2.30. The summed E-state index contributed by atoms with van der Waals surface area (Å²) in [5.41, 5.74) is 0. The number of nitriles is 1. The number of sulfonamides is 1. The molecule has 0 N–H and O–H groups in total. The van der Waals surface area contributed by atoms with Gasteiger partial charge in [0.1, 0.15) is 4.90 Å². The van der Waals surface area contributed by atoms with Crippen LogP contribution in [0.1, 0.15) is 12.8 Å². The summed E-state index contributed by atoms with van der Waals surface area (Å²) >= 11 is 11.8. The van der Waals surface area contributed by atoms with E-state index in [2.05, 4.69) is 6.07 Å². The first kappa shape index (κ1) is 14.6. The van der Waals surface area contributed by atoms with E-state index in [9.17, 15) is 8.42 Å². The molecule has 7 heteroatoms.